The smallest absolute Gasteiger partial charge is 0.128 e. The van der Waals surface area contributed by atoms with Crippen molar-refractivity contribution in [1.29, 1.82) is 0 Å². The van der Waals surface area contributed by atoms with Crippen molar-refractivity contribution in [3.8, 4) is 11.5 Å². The van der Waals surface area contributed by atoms with Crippen LogP contribution in [0.4, 0.5) is 5.82 Å². The average molecular weight is 404 g/mol. The lowest BCUT2D eigenvalue weighted by Gasteiger charge is -2.36. The molecule has 5 nitrogen and oxygen atoms in total. The SMILES string of the molecule is C[C@@H]1CN(c2ccc(CNCc3cccc(Oc4ccccc4)c3)cn2)C[C@H](C)O1. The van der Waals surface area contributed by atoms with E-state index in [0.29, 0.717) is 0 Å². The molecule has 1 aromatic heterocycles. The van der Waals surface area contributed by atoms with Crippen molar-refractivity contribution in [2.45, 2.75) is 39.1 Å². The molecule has 2 aromatic carbocycles. The highest BCUT2D eigenvalue weighted by atomic mass is 16.5. The van der Waals surface area contributed by atoms with Crippen molar-refractivity contribution in [3.05, 3.63) is 84.1 Å². The Labute approximate surface area is 178 Å². The molecule has 0 spiro atoms. The lowest BCUT2D eigenvalue weighted by atomic mass is 10.2. The second-order valence-electron chi connectivity index (χ2n) is 7.85. The van der Waals surface area contributed by atoms with Gasteiger partial charge in [-0.05, 0) is 55.3 Å². The van der Waals surface area contributed by atoms with Crippen molar-refractivity contribution in [3.63, 3.8) is 0 Å². The fourth-order valence-electron chi connectivity index (χ4n) is 3.77. The second-order valence-corrected chi connectivity index (χ2v) is 7.85. The van der Waals surface area contributed by atoms with Crippen molar-refractivity contribution in [2.24, 2.45) is 0 Å². The van der Waals surface area contributed by atoms with Gasteiger partial charge in [0.2, 0.25) is 0 Å². The molecule has 0 aliphatic carbocycles. The Morgan fingerprint density at radius 3 is 2.37 bits per heavy atom. The van der Waals surface area contributed by atoms with Crippen LogP contribution in [-0.4, -0.2) is 30.3 Å². The summed E-state index contributed by atoms with van der Waals surface area (Å²) < 4.78 is 11.7. The summed E-state index contributed by atoms with van der Waals surface area (Å²) >= 11 is 0. The third-order valence-electron chi connectivity index (χ3n) is 5.09. The number of rotatable bonds is 7. The lowest BCUT2D eigenvalue weighted by molar-refractivity contribution is -0.00545. The van der Waals surface area contributed by atoms with E-state index >= 15 is 0 Å². The number of nitrogens with one attached hydrogen (secondary N) is 1. The molecule has 5 heteroatoms. The maximum Gasteiger partial charge on any atom is 0.128 e. The molecule has 3 aromatic rings. The zero-order chi connectivity index (χ0) is 20.8. The summed E-state index contributed by atoms with van der Waals surface area (Å²) in [5.74, 6) is 2.71. The first-order valence-electron chi connectivity index (χ1n) is 10.5. The fourth-order valence-corrected chi connectivity index (χ4v) is 3.77. The topological polar surface area (TPSA) is 46.6 Å². The quantitative estimate of drug-likeness (QED) is 0.615. The van der Waals surface area contributed by atoms with Gasteiger partial charge in [0.1, 0.15) is 17.3 Å². The van der Waals surface area contributed by atoms with E-state index < -0.39 is 0 Å². The first kappa shape index (κ1) is 20.4. The zero-order valence-electron chi connectivity index (χ0n) is 17.6. The number of para-hydroxylation sites is 1. The average Bonchev–Trinajstić information content (AvgIpc) is 2.75. The molecule has 1 aliphatic heterocycles. The van der Waals surface area contributed by atoms with Crippen LogP contribution < -0.4 is 15.0 Å². The fraction of sp³-hybridized carbons (Fsp3) is 0.320. The molecule has 1 saturated heterocycles. The van der Waals surface area contributed by atoms with Gasteiger partial charge in [-0.2, -0.15) is 0 Å². The van der Waals surface area contributed by atoms with Gasteiger partial charge >= 0.3 is 0 Å². The largest absolute Gasteiger partial charge is 0.457 e. The van der Waals surface area contributed by atoms with Crippen LogP contribution in [0, 0.1) is 0 Å². The monoisotopic (exact) mass is 403 g/mol. The molecular weight excluding hydrogens is 374 g/mol. The number of pyridine rings is 1. The lowest BCUT2D eigenvalue weighted by Crippen LogP contribution is -2.45. The Hall–Kier alpha value is -2.89. The number of aromatic nitrogens is 1. The van der Waals surface area contributed by atoms with E-state index in [1.165, 1.54) is 11.1 Å². The van der Waals surface area contributed by atoms with E-state index in [4.69, 9.17) is 9.47 Å². The van der Waals surface area contributed by atoms with Crippen molar-refractivity contribution in [1.82, 2.24) is 10.3 Å². The van der Waals surface area contributed by atoms with E-state index in [9.17, 15) is 0 Å². The highest BCUT2D eigenvalue weighted by molar-refractivity contribution is 5.40. The molecule has 30 heavy (non-hydrogen) atoms. The van der Waals surface area contributed by atoms with Crippen molar-refractivity contribution < 1.29 is 9.47 Å². The molecule has 0 bridgehead atoms. The summed E-state index contributed by atoms with van der Waals surface area (Å²) in [7, 11) is 0. The van der Waals surface area contributed by atoms with Crippen molar-refractivity contribution >= 4 is 5.82 Å². The Kier molecular flexibility index (Phi) is 6.62. The molecule has 1 N–H and O–H groups in total. The van der Waals surface area contributed by atoms with Crippen LogP contribution in [0.1, 0.15) is 25.0 Å². The number of morpholine rings is 1. The molecule has 156 valence electrons. The number of benzene rings is 2. The molecular formula is C25H29N3O2. The summed E-state index contributed by atoms with van der Waals surface area (Å²) in [4.78, 5) is 6.97. The summed E-state index contributed by atoms with van der Waals surface area (Å²) in [6.07, 6.45) is 2.43. The first-order valence-corrected chi connectivity index (χ1v) is 10.5. The minimum absolute atomic E-state index is 0.235. The second kappa shape index (κ2) is 9.74. The van der Waals surface area contributed by atoms with Crippen LogP contribution in [0.5, 0.6) is 11.5 Å². The number of nitrogens with zero attached hydrogens (tertiary/aromatic N) is 2. The van der Waals surface area contributed by atoms with Crippen LogP contribution in [-0.2, 0) is 17.8 Å². The number of anilines is 1. The highest BCUT2D eigenvalue weighted by Crippen LogP contribution is 2.22. The minimum Gasteiger partial charge on any atom is -0.457 e. The van der Waals surface area contributed by atoms with Crippen molar-refractivity contribution in [2.75, 3.05) is 18.0 Å². The van der Waals surface area contributed by atoms with Gasteiger partial charge in [0, 0.05) is 32.4 Å². The maximum atomic E-state index is 5.92. The van der Waals surface area contributed by atoms with E-state index in [1.54, 1.807) is 0 Å². The Balaban J connectivity index is 1.29. The minimum atomic E-state index is 0.235. The van der Waals surface area contributed by atoms with Crippen LogP contribution >= 0.6 is 0 Å². The number of ether oxygens (including phenoxy) is 2. The van der Waals surface area contributed by atoms with Crippen LogP contribution in [0.25, 0.3) is 0 Å². The molecule has 0 amide bonds. The third kappa shape index (κ3) is 5.59. The molecule has 0 saturated carbocycles. The van der Waals surface area contributed by atoms with E-state index in [1.807, 2.05) is 48.7 Å². The summed E-state index contributed by atoms with van der Waals surface area (Å²) in [5, 5.41) is 3.49. The standard InChI is InChI=1S/C25H29N3O2/c1-19-17-28(18-20(2)29-19)25-12-11-22(16-27-25)15-26-14-21-7-6-10-24(13-21)30-23-8-4-3-5-9-23/h3-13,16,19-20,26H,14-15,17-18H2,1-2H3/t19-,20+. The van der Waals surface area contributed by atoms with Gasteiger partial charge < -0.3 is 19.7 Å². The first-order chi connectivity index (χ1) is 14.7. The van der Waals surface area contributed by atoms with Crippen LogP contribution in [0.15, 0.2) is 72.9 Å². The normalized spacial score (nSPS) is 18.9. The van der Waals surface area contributed by atoms with Gasteiger partial charge in [-0.25, -0.2) is 4.98 Å². The summed E-state index contributed by atoms with van der Waals surface area (Å²) in [6, 6.07) is 22.3. The van der Waals surface area contributed by atoms with Crippen LogP contribution in [0.3, 0.4) is 0 Å². The Bertz CT molecular complexity index is 921. The molecule has 4 rings (SSSR count). The molecule has 0 radical (unpaired) electrons. The third-order valence-corrected chi connectivity index (χ3v) is 5.09. The van der Waals surface area contributed by atoms with Gasteiger partial charge in [-0.15, -0.1) is 0 Å². The maximum absolute atomic E-state index is 5.92. The summed E-state index contributed by atoms with van der Waals surface area (Å²) in [6.45, 7) is 7.54. The Morgan fingerprint density at radius 1 is 0.900 bits per heavy atom. The van der Waals surface area contributed by atoms with Gasteiger partial charge in [-0.3, -0.25) is 0 Å². The predicted molar refractivity (Wildman–Crippen MR) is 120 cm³/mol. The molecule has 2 atom stereocenters. The molecule has 1 aliphatic rings. The molecule has 1 fully saturated rings. The van der Waals surface area contributed by atoms with E-state index in [0.717, 1.165) is 43.5 Å². The number of hydrogen-bond donors (Lipinski definition) is 1. The van der Waals surface area contributed by atoms with E-state index in [-0.39, 0.29) is 12.2 Å². The number of hydrogen-bond acceptors (Lipinski definition) is 5. The van der Waals surface area contributed by atoms with Gasteiger partial charge in [0.25, 0.3) is 0 Å². The van der Waals surface area contributed by atoms with Gasteiger partial charge in [0.05, 0.1) is 12.2 Å². The Morgan fingerprint density at radius 2 is 1.63 bits per heavy atom. The highest BCUT2D eigenvalue weighted by Gasteiger charge is 2.22. The van der Waals surface area contributed by atoms with Gasteiger partial charge in [-0.1, -0.05) is 36.4 Å². The van der Waals surface area contributed by atoms with Crippen LogP contribution in [0.2, 0.25) is 0 Å². The molecule has 2 heterocycles. The zero-order valence-corrected chi connectivity index (χ0v) is 17.6. The molecule has 0 unspecified atom stereocenters. The van der Waals surface area contributed by atoms with E-state index in [2.05, 4.69) is 53.3 Å². The van der Waals surface area contributed by atoms with Gasteiger partial charge in [0.15, 0.2) is 0 Å². The summed E-state index contributed by atoms with van der Waals surface area (Å²) in [5.41, 5.74) is 2.36. The predicted octanol–water partition coefficient (Wildman–Crippen LogP) is 4.78.